The molecule has 14 heteroatoms. The van der Waals surface area contributed by atoms with Gasteiger partial charge < -0.3 is 4.98 Å². The number of alkyl halides is 11. The molecule has 146 valence electrons. The Balaban J connectivity index is 2.58. The van der Waals surface area contributed by atoms with E-state index in [1.807, 2.05) is 0 Å². The molecule has 0 bridgehead atoms. The van der Waals surface area contributed by atoms with E-state index in [1.165, 1.54) is 12.1 Å². The summed E-state index contributed by atoms with van der Waals surface area (Å²) in [5, 5.41) is 0. The maximum absolute atomic E-state index is 14.3. The van der Waals surface area contributed by atoms with Crippen molar-refractivity contribution in [1.82, 2.24) is 9.97 Å². The lowest BCUT2D eigenvalue weighted by Crippen LogP contribution is -2.58. The molecular weight excluding hydrogens is 397 g/mol. The second kappa shape index (κ2) is 5.69. The van der Waals surface area contributed by atoms with Crippen LogP contribution in [0.2, 0.25) is 0 Å². The van der Waals surface area contributed by atoms with Crippen LogP contribution in [0.25, 0.3) is 11.0 Å². The van der Waals surface area contributed by atoms with E-state index in [0.717, 1.165) is 12.1 Å². The predicted molar refractivity (Wildman–Crippen MR) is 62.0 cm³/mol. The Hall–Kier alpha value is -2.12. The second-order valence-electron chi connectivity index (χ2n) is 4.89. The molecule has 1 heterocycles. The fraction of sp³-hybridized carbons (Fsp3) is 0.417. The molecule has 26 heavy (non-hydrogen) atoms. The first-order chi connectivity index (χ1) is 11.5. The zero-order valence-electron chi connectivity index (χ0n) is 11.8. The fourth-order valence-electron chi connectivity index (χ4n) is 1.75. The van der Waals surface area contributed by atoms with E-state index in [2.05, 4.69) is 9.72 Å². The minimum Gasteiger partial charge on any atom is -0.337 e. The van der Waals surface area contributed by atoms with Crippen LogP contribution < -0.4 is 0 Å². The molecule has 0 fully saturated rings. The molecule has 2 rings (SSSR count). The van der Waals surface area contributed by atoms with Crippen molar-refractivity contribution in [3.63, 3.8) is 0 Å². The average molecular weight is 402 g/mol. The smallest absolute Gasteiger partial charge is 0.337 e. The molecule has 0 saturated heterocycles. The number of nitrogens with one attached hydrogen (secondary N) is 1. The minimum atomic E-state index is -7.12. The highest BCUT2D eigenvalue weighted by Crippen LogP contribution is 2.53. The van der Waals surface area contributed by atoms with E-state index >= 15 is 0 Å². The number of fused-ring (bicyclic) bond motifs is 1. The number of rotatable bonds is 4. The van der Waals surface area contributed by atoms with Gasteiger partial charge in [-0.1, -0.05) is 12.1 Å². The second-order valence-corrected chi connectivity index (χ2v) is 4.89. The molecule has 0 amide bonds. The van der Waals surface area contributed by atoms with Gasteiger partial charge in [0.1, 0.15) is 0 Å². The first-order valence-electron chi connectivity index (χ1n) is 6.26. The van der Waals surface area contributed by atoms with Gasteiger partial charge in [0, 0.05) is 0 Å². The normalized spacial score (nSPS) is 16.7. The number of imidazole rings is 1. The molecule has 1 aromatic heterocycles. The number of benzene rings is 1. The number of hydrogen-bond acceptors (Lipinski definition) is 2. The van der Waals surface area contributed by atoms with Crippen LogP contribution in [-0.4, -0.2) is 34.4 Å². The Bertz CT molecular complexity index is 761. The Morgan fingerprint density at radius 1 is 0.769 bits per heavy atom. The molecule has 1 N–H and O–H groups in total. The maximum atomic E-state index is 14.3. The van der Waals surface area contributed by atoms with Crippen LogP contribution >= 0.6 is 0 Å². The highest BCUT2D eigenvalue weighted by atomic mass is 19.4. The third-order valence-electron chi connectivity index (χ3n) is 3.05. The molecule has 0 aliphatic rings. The monoisotopic (exact) mass is 402 g/mol. The first-order valence-corrected chi connectivity index (χ1v) is 6.26. The largest absolute Gasteiger partial charge is 0.462 e. The molecule has 1 unspecified atom stereocenters. The summed E-state index contributed by atoms with van der Waals surface area (Å²) in [6.07, 6.45) is -20.4. The summed E-state index contributed by atoms with van der Waals surface area (Å²) in [5.41, 5.74) is -0.758. The van der Waals surface area contributed by atoms with Crippen LogP contribution in [0.4, 0.5) is 48.3 Å². The SMILES string of the molecule is FC(F)(F)C(F)(OC(F)(F)C(F)(F)C(F)(F)F)c1nc2ccccc2[nH]1. The van der Waals surface area contributed by atoms with Gasteiger partial charge in [-0.15, -0.1) is 0 Å². The maximum Gasteiger partial charge on any atom is 0.462 e. The molecule has 1 atom stereocenters. The lowest BCUT2D eigenvalue weighted by molar-refractivity contribution is -0.489. The van der Waals surface area contributed by atoms with Crippen molar-refractivity contribution in [1.29, 1.82) is 0 Å². The summed E-state index contributed by atoms with van der Waals surface area (Å²) in [5.74, 6) is -15.0. The van der Waals surface area contributed by atoms with Gasteiger partial charge in [-0.05, 0) is 12.1 Å². The van der Waals surface area contributed by atoms with Crippen LogP contribution in [0.15, 0.2) is 24.3 Å². The average Bonchev–Trinajstić information content (AvgIpc) is 2.88. The Morgan fingerprint density at radius 2 is 1.31 bits per heavy atom. The molecule has 2 aromatic rings. The van der Waals surface area contributed by atoms with Crippen LogP contribution in [0, 0.1) is 0 Å². The van der Waals surface area contributed by atoms with E-state index in [4.69, 9.17) is 0 Å². The zero-order chi connectivity index (χ0) is 20.2. The van der Waals surface area contributed by atoms with E-state index in [-0.39, 0.29) is 5.52 Å². The van der Waals surface area contributed by atoms with E-state index < -0.39 is 41.6 Å². The minimum absolute atomic E-state index is 0.344. The van der Waals surface area contributed by atoms with Gasteiger partial charge in [-0.3, -0.25) is 4.74 Å². The van der Waals surface area contributed by atoms with Gasteiger partial charge in [0.05, 0.1) is 11.0 Å². The standard InChI is InChI=1S/C12H5F11N2O/c13-8(10(16,17)18,7-24-5-3-1-2-4-6(5)25-7)26-12(22,23)9(14,15)11(19,20)21/h1-4H,(H,24,25). The van der Waals surface area contributed by atoms with Crippen LogP contribution in [0.1, 0.15) is 5.82 Å². The topological polar surface area (TPSA) is 37.9 Å². The third kappa shape index (κ3) is 3.05. The fourth-order valence-corrected chi connectivity index (χ4v) is 1.75. The third-order valence-corrected chi connectivity index (χ3v) is 3.05. The highest BCUT2D eigenvalue weighted by molar-refractivity contribution is 5.74. The summed E-state index contributed by atoms with van der Waals surface area (Å²) in [4.78, 5) is 4.51. The molecule has 1 aromatic carbocycles. The van der Waals surface area contributed by atoms with Crippen LogP contribution in [0.3, 0.4) is 0 Å². The number of ether oxygens (including phenoxy) is 1. The van der Waals surface area contributed by atoms with Crippen LogP contribution in [0.5, 0.6) is 0 Å². The van der Waals surface area contributed by atoms with Gasteiger partial charge in [-0.25, -0.2) is 4.98 Å². The Kier molecular flexibility index (Phi) is 4.42. The number of nitrogens with zero attached hydrogens (tertiary/aromatic N) is 1. The van der Waals surface area contributed by atoms with Crippen molar-refractivity contribution in [2.75, 3.05) is 0 Å². The quantitative estimate of drug-likeness (QED) is 0.727. The molecule has 3 nitrogen and oxygen atoms in total. The highest BCUT2D eigenvalue weighted by Gasteiger charge is 2.79. The van der Waals surface area contributed by atoms with Crippen molar-refractivity contribution in [3.05, 3.63) is 30.1 Å². The van der Waals surface area contributed by atoms with Crippen molar-refractivity contribution in [2.24, 2.45) is 0 Å². The summed E-state index contributed by atoms with van der Waals surface area (Å²) < 4.78 is 143. The van der Waals surface area contributed by atoms with Crippen molar-refractivity contribution in [3.8, 4) is 0 Å². The molecule has 0 aliphatic heterocycles. The van der Waals surface area contributed by atoms with Gasteiger partial charge in [-0.2, -0.15) is 48.3 Å². The van der Waals surface area contributed by atoms with Gasteiger partial charge in [0.15, 0.2) is 5.82 Å². The molecule has 0 aliphatic carbocycles. The summed E-state index contributed by atoms with van der Waals surface area (Å²) in [7, 11) is 0. The zero-order valence-corrected chi connectivity index (χ0v) is 11.8. The van der Waals surface area contributed by atoms with E-state index in [0.29, 0.717) is 0 Å². The molecular formula is C12H5F11N2O. The van der Waals surface area contributed by atoms with Gasteiger partial charge >= 0.3 is 30.2 Å². The summed E-state index contributed by atoms with van der Waals surface area (Å²) >= 11 is 0. The van der Waals surface area contributed by atoms with Gasteiger partial charge in [0.25, 0.3) is 0 Å². The summed E-state index contributed by atoms with van der Waals surface area (Å²) in [6, 6.07) is 4.43. The Labute approximate surface area is 135 Å². The van der Waals surface area contributed by atoms with Crippen molar-refractivity contribution < 1.29 is 53.0 Å². The number of halogens is 11. The van der Waals surface area contributed by atoms with Gasteiger partial charge in [0.2, 0.25) is 0 Å². The van der Waals surface area contributed by atoms with Crippen molar-refractivity contribution >= 4 is 11.0 Å². The predicted octanol–water partition coefficient (Wildman–Crippen LogP) is 5.05. The van der Waals surface area contributed by atoms with E-state index in [1.54, 1.807) is 4.98 Å². The molecule has 0 radical (unpaired) electrons. The lowest BCUT2D eigenvalue weighted by atomic mass is 10.2. The molecule has 0 spiro atoms. The molecule has 0 saturated carbocycles. The number of para-hydroxylation sites is 2. The number of aromatic nitrogens is 2. The number of hydrogen-bond donors (Lipinski definition) is 1. The summed E-state index contributed by atoms with van der Waals surface area (Å²) in [6.45, 7) is 0. The number of aromatic amines is 1. The Morgan fingerprint density at radius 3 is 1.77 bits per heavy atom. The first kappa shape index (κ1) is 20.2. The lowest BCUT2D eigenvalue weighted by Gasteiger charge is -2.33. The van der Waals surface area contributed by atoms with E-state index in [9.17, 15) is 48.3 Å². The van der Waals surface area contributed by atoms with Crippen LogP contribution in [-0.2, 0) is 10.6 Å². The number of H-pyrrole nitrogens is 1. The van der Waals surface area contributed by atoms with Crippen molar-refractivity contribution in [2.45, 2.75) is 30.2 Å².